The van der Waals surface area contributed by atoms with Crippen LogP contribution in [-0.2, 0) is 0 Å². The number of ether oxygens (including phenoxy) is 1. The Morgan fingerprint density at radius 2 is 1.88 bits per heavy atom. The summed E-state index contributed by atoms with van der Waals surface area (Å²) in [6, 6.07) is 7.79. The first-order valence-corrected chi connectivity index (χ1v) is 8.93. The third-order valence-electron chi connectivity index (χ3n) is 3.60. The molecule has 2 aromatic carbocycles. The van der Waals surface area contributed by atoms with E-state index in [0.717, 1.165) is 4.90 Å². The number of thioether (sulfide) groups is 1. The van der Waals surface area contributed by atoms with Crippen molar-refractivity contribution >= 4 is 39.7 Å². The monoisotopic (exact) mass is 358 g/mol. The summed E-state index contributed by atoms with van der Waals surface area (Å²) in [4.78, 5) is 24.9. The van der Waals surface area contributed by atoms with Gasteiger partial charge in [-0.1, -0.05) is 0 Å². The Hall–Kier alpha value is -2.47. The van der Waals surface area contributed by atoms with E-state index in [1.54, 1.807) is 6.07 Å². The minimum atomic E-state index is -1.09. The summed E-state index contributed by atoms with van der Waals surface area (Å²) in [6.07, 6.45) is 1.90. The molecule has 1 N–H and O–H groups in total. The number of carbonyl (C=O) groups is 1. The molecule has 0 amide bonds. The van der Waals surface area contributed by atoms with Gasteiger partial charge in [-0.15, -0.1) is 11.8 Å². The second-order valence-corrected chi connectivity index (χ2v) is 7.51. The molecule has 0 saturated carbocycles. The van der Waals surface area contributed by atoms with E-state index in [4.69, 9.17) is 14.3 Å². The third kappa shape index (κ3) is 3.35. The lowest BCUT2D eigenvalue weighted by Gasteiger charge is -2.22. The van der Waals surface area contributed by atoms with Gasteiger partial charge in [0.15, 0.2) is 5.58 Å². The van der Waals surface area contributed by atoms with Gasteiger partial charge in [0.25, 0.3) is 0 Å². The van der Waals surface area contributed by atoms with E-state index in [2.05, 4.69) is 0 Å². The van der Waals surface area contributed by atoms with Crippen LogP contribution in [0.25, 0.3) is 21.9 Å². The van der Waals surface area contributed by atoms with E-state index in [1.807, 2.05) is 33.1 Å². The highest BCUT2D eigenvalue weighted by Gasteiger charge is 2.18. The first kappa shape index (κ1) is 17.4. The topological polar surface area (TPSA) is 76.7 Å². The first-order valence-electron chi connectivity index (χ1n) is 7.70. The van der Waals surface area contributed by atoms with Crippen LogP contribution >= 0.6 is 11.8 Å². The fourth-order valence-corrected chi connectivity index (χ4v) is 3.17. The summed E-state index contributed by atoms with van der Waals surface area (Å²) in [5.41, 5.74) is 0.216. The quantitative estimate of drug-likeness (QED) is 0.547. The van der Waals surface area contributed by atoms with Gasteiger partial charge < -0.3 is 14.3 Å². The lowest BCUT2D eigenvalue weighted by atomic mass is 10.1. The van der Waals surface area contributed by atoms with Gasteiger partial charge in [0.2, 0.25) is 5.43 Å². The maximum atomic E-state index is 12.9. The van der Waals surface area contributed by atoms with Crippen LogP contribution in [0.4, 0.5) is 0 Å². The van der Waals surface area contributed by atoms with Gasteiger partial charge in [-0.2, -0.15) is 0 Å². The van der Waals surface area contributed by atoms with Gasteiger partial charge >= 0.3 is 5.97 Å². The molecular formula is C19H18O5S. The van der Waals surface area contributed by atoms with Crippen molar-refractivity contribution in [3.8, 4) is 5.75 Å². The molecule has 25 heavy (non-hydrogen) atoms. The van der Waals surface area contributed by atoms with Gasteiger partial charge in [0, 0.05) is 0 Å². The number of aromatic carboxylic acids is 1. The van der Waals surface area contributed by atoms with E-state index in [0.29, 0.717) is 22.3 Å². The van der Waals surface area contributed by atoms with E-state index in [-0.39, 0.29) is 16.4 Å². The lowest BCUT2D eigenvalue weighted by Crippen LogP contribution is -2.23. The average molecular weight is 358 g/mol. The molecule has 5 nitrogen and oxygen atoms in total. The highest BCUT2D eigenvalue weighted by atomic mass is 32.2. The number of benzene rings is 2. The molecule has 0 spiro atoms. The van der Waals surface area contributed by atoms with Crippen molar-refractivity contribution in [2.24, 2.45) is 0 Å². The van der Waals surface area contributed by atoms with Crippen LogP contribution in [0.15, 0.2) is 44.4 Å². The maximum absolute atomic E-state index is 12.9. The summed E-state index contributed by atoms with van der Waals surface area (Å²) in [5.74, 6) is -0.513. The third-order valence-corrected chi connectivity index (χ3v) is 4.34. The second-order valence-electron chi connectivity index (χ2n) is 6.66. The molecule has 0 aliphatic heterocycles. The Labute approximate surface area is 148 Å². The molecule has 1 aromatic heterocycles. The Balaban J connectivity index is 2.35. The van der Waals surface area contributed by atoms with Crippen molar-refractivity contribution in [3.05, 3.63) is 46.1 Å². The van der Waals surface area contributed by atoms with Gasteiger partial charge in [0.05, 0.1) is 21.2 Å². The van der Waals surface area contributed by atoms with Crippen LogP contribution in [0.1, 0.15) is 31.1 Å². The fourth-order valence-electron chi connectivity index (χ4n) is 2.60. The number of hydrogen-bond acceptors (Lipinski definition) is 5. The van der Waals surface area contributed by atoms with E-state index < -0.39 is 11.6 Å². The van der Waals surface area contributed by atoms with Crippen molar-refractivity contribution in [3.63, 3.8) is 0 Å². The van der Waals surface area contributed by atoms with Crippen LogP contribution in [0.3, 0.4) is 0 Å². The molecule has 0 unspecified atom stereocenters. The molecule has 3 aromatic rings. The molecule has 6 heteroatoms. The minimum Gasteiger partial charge on any atom is -0.488 e. The average Bonchev–Trinajstić information content (AvgIpc) is 2.53. The normalized spacial score (nSPS) is 11.8. The Morgan fingerprint density at radius 3 is 2.48 bits per heavy atom. The van der Waals surface area contributed by atoms with Gasteiger partial charge in [-0.25, -0.2) is 4.79 Å². The molecule has 130 valence electrons. The number of carboxylic acid groups (broad SMARTS) is 1. The van der Waals surface area contributed by atoms with Crippen LogP contribution in [-0.4, -0.2) is 22.9 Å². The maximum Gasteiger partial charge on any atom is 0.335 e. The highest BCUT2D eigenvalue weighted by molar-refractivity contribution is 7.98. The first-order chi connectivity index (χ1) is 11.7. The summed E-state index contributed by atoms with van der Waals surface area (Å²) in [5, 5.41) is 9.77. The largest absolute Gasteiger partial charge is 0.488 e. The molecule has 0 aliphatic carbocycles. The molecule has 0 bridgehead atoms. The molecule has 0 aliphatic rings. The zero-order valence-electron chi connectivity index (χ0n) is 14.4. The van der Waals surface area contributed by atoms with E-state index in [9.17, 15) is 9.59 Å². The molecule has 0 radical (unpaired) electrons. The Morgan fingerprint density at radius 1 is 1.16 bits per heavy atom. The lowest BCUT2D eigenvalue weighted by molar-refractivity contribution is 0.0697. The van der Waals surface area contributed by atoms with Gasteiger partial charge in [-0.05, 0) is 57.4 Å². The summed E-state index contributed by atoms with van der Waals surface area (Å²) in [7, 11) is 0. The molecule has 0 atom stereocenters. The summed E-state index contributed by atoms with van der Waals surface area (Å²) in [6.45, 7) is 5.79. The highest BCUT2D eigenvalue weighted by Crippen LogP contribution is 2.33. The minimum absolute atomic E-state index is 0.0475. The number of hydrogen-bond donors (Lipinski definition) is 1. The molecular weight excluding hydrogens is 340 g/mol. The van der Waals surface area contributed by atoms with Crippen LogP contribution in [0.5, 0.6) is 5.75 Å². The molecule has 0 fully saturated rings. The van der Waals surface area contributed by atoms with Crippen LogP contribution in [0, 0.1) is 0 Å². The number of rotatable bonds is 3. The Bertz CT molecular complexity index is 1040. The SMILES string of the molecule is CSc1cc(OC(C)(C)C)cc2c(=O)c3cc(C(=O)O)ccc3oc12. The van der Waals surface area contributed by atoms with Crippen molar-refractivity contribution in [2.45, 2.75) is 31.3 Å². The number of fused-ring (bicyclic) bond motifs is 2. The van der Waals surface area contributed by atoms with Crippen molar-refractivity contribution in [2.75, 3.05) is 6.26 Å². The number of carboxylic acids is 1. The second kappa shape index (κ2) is 6.11. The van der Waals surface area contributed by atoms with Gasteiger partial charge in [-0.3, -0.25) is 4.79 Å². The predicted molar refractivity (Wildman–Crippen MR) is 99.1 cm³/mol. The van der Waals surface area contributed by atoms with Crippen molar-refractivity contribution in [1.29, 1.82) is 0 Å². The fraction of sp³-hybridized carbons (Fsp3) is 0.263. The summed E-state index contributed by atoms with van der Waals surface area (Å²) >= 11 is 1.46. The molecule has 1 heterocycles. The Kier molecular flexibility index (Phi) is 4.24. The smallest absolute Gasteiger partial charge is 0.335 e. The van der Waals surface area contributed by atoms with Crippen LogP contribution < -0.4 is 10.2 Å². The summed E-state index contributed by atoms with van der Waals surface area (Å²) < 4.78 is 11.8. The van der Waals surface area contributed by atoms with E-state index >= 15 is 0 Å². The van der Waals surface area contributed by atoms with Crippen molar-refractivity contribution < 1.29 is 19.1 Å². The standard InChI is InChI=1S/C19H18O5S/c1-19(2,3)24-11-8-13-16(20)12-7-10(18(21)22)5-6-14(12)23-17(13)15(9-11)25-4/h5-9H,1-4H3,(H,21,22). The predicted octanol–water partition coefficient (Wildman–Crippen LogP) is 4.54. The zero-order valence-corrected chi connectivity index (χ0v) is 15.2. The van der Waals surface area contributed by atoms with Gasteiger partial charge in [0.1, 0.15) is 16.9 Å². The molecule has 0 saturated heterocycles. The van der Waals surface area contributed by atoms with Crippen LogP contribution in [0.2, 0.25) is 0 Å². The van der Waals surface area contributed by atoms with E-state index in [1.165, 1.54) is 30.0 Å². The molecule has 3 rings (SSSR count). The zero-order chi connectivity index (χ0) is 18.4. The van der Waals surface area contributed by atoms with Crippen molar-refractivity contribution in [1.82, 2.24) is 0 Å².